The molecule has 0 fully saturated rings. The molecule has 0 saturated heterocycles. The topological polar surface area (TPSA) is 52.1 Å². The Morgan fingerprint density at radius 2 is 2.43 bits per heavy atom. The summed E-state index contributed by atoms with van der Waals surface area (Å²) in [4.78, 5) is 19.2. The van der Waals surface area contributed by atoms with E-state index in [4.69, 9.17) is 4.74 Å². The van der Waals surface area contributed by atoms with E-state index in [1.807, 2.05) is 0 Å². The second-order valence-corrected chi connectivity index (χ2v) is 2.70. The fourth-order valence-corrected chi connectivity index (χ4v) is 0.965. The molecular formula is C10H12N2O2. The fraction of sp³-hybridized carbons (Fsp3) is 0.300. The van der Waals surface area contributed by atoms with E-state index in [2.05, 4.69) is 16.5 Å². The number of aromatic nitrogens is 2. The molecule has 0 spiro atoms. The van der Waals surface area contributed by atoms with Gasteiger partial charge in [0.25, 0.3) is 0 Å². The second-order valence-electron chi connectivity index (χ2n) is 2.70. The van der Waals surface area contributed by atoms with E-state index >= 15 is 0 Å². The minimum absolute atomic E-state index is 0.0226. The highest BCUT2D eigenvalue weighted by Gasteiger charge is 2.07. The Morgan fingerprint density at radius 3 is 3.07 bits per heavy atom. The number of allylic oxidation sites excluding steroid dienone is 1. The van der Waals surface area contributed by atoms with Gasteiger partial charge in [0.15, 0.2) is 5.78 Å². The number of ketones is 1. The third-order valence-electron chi connectivity index (χ3n) is 1.71. The Morgan fingerprint density at radius 1 is 1.64 bits per heavy atom. The fourth-order valence-electron chi connectivity index (χ4n) is 0.965. The van der Waals surface area contributed by atoms with Crippen LogP contribution in [0.3, 0.4) is 0 Å². The van der Waals surface area contributed by atoms with Gasteiger partial charge in [-0.3, -0.25) is 4.79 Å². The Bertz CT molecular complexity index is 337. The predicted octanol–water partition coefficient (Wildman–Crippen LogP) is 1.63. The summed E-state index contributed by atoms with van der Waals surface area (Å²) in [6.07, 6.45) is 4.10. The van der Waals surface area contributed by atoms with E-state index in [1.165, 1.54) is 19.5 Å². The van der Waals surface area contributed by atoms with Gasteiger partial charge in [-0.25, -0.2) is 9.97 Å². The molecule has 4 heteroatoms. The van der Waals surface area contributed by atoms with Crippen molar-refractivity contribution in [1.82, 2.24) is 9.97 Å². The zero-order valence-corrected chi connectivity index (χ0v) is 8.06. The van der Waals surface area contributed by atoms with Crippen LogP contribution >= 0.6 is 0 Å². The zero-order chi connectivity index (χ0) is 10.4. The third kappa shape index (κ3) is 2.65. The van der Waals surface area contributed by atoms with Crippen molar-refractivity contribution in [2.75, 3.05) is 7.11 Å². The summed E-state index contributed by atoms with van der Waals surface area (Å²) in [6.45, 7) is 3.55. The van der Waals surface area contributed by atoms with Crippen molar-refractivity contribution in [2.45, 2.75) is 12.8 Å². The van der Waals surface area contributed by atoms with Crippen molar-refractivity contribution in [3.63, 3.8) is 0 Å². The van der Waals surface area contributed by atoms with Gasteiger partial charge >= 0.3 is 0 Å². The average molecular weight is 192 g/mol. The summed E-state index contributed by atoms with van der Waals surface area (Å²) in [5.41, 5.74) is 0.388. The Hall–Kier alpha value is -1.71. The first-order valence-electron chi connectivity index (χ1n) is 4.28. The minimum atomic E-state index is -0.0226. The van der Waals surface area contributed by atoms with Gasteiger partial charge in [0.05, 0.1) is 7.11 Å². The lowest BCUT2D eigenvalue weighted by molar-refractivity contribution is 0.0978. The van der Waals surface area contributed by atoms with Crippen LogP contribution in [0, 0.1) is 0 Å². The van der Waals surface area contributed by atoms with Gasteiger partial charge in [-0.1, -0.05) is 6.08 Å². The summed E-state index contributed by atoms with van der Waals surface area (Å²) in [5, 5.41) is 0. The molecule has 1 aromatic rings. The van der Waals surface area contributed by atoms with Crippen LogP contribution in [0.5, 0.6) is 5.88 Å². The summed E-state index contributed by atoms with van der Waals surface area (Å²) in [7, 11) is 1.50. The quantitative estimate of drug-likeness (QED) is 0.525. The number of hydrogen-bond donors (Lipinski definition) is 0. The molecule has 0 unspecified atom stereocenters. The molecule has 0 aliphatic heterocycles. The minimum Gasteiger partial charge on any atom is -0.481 e. The Balaban J connectivity index is 2.73. The van der Waals surface area contributed by atoms with E-state index in [0.717, 1.165) is 0 Å². The van der Waals surface area contributed by atoms with Crippen molar-refractivity contribution in [2.24, 2.45) is 0 Å². The maximum Gasteiger partial charge on any atom is 0.216 e. The van der Waals surface area contributed by atoms with E-state index < -0.39 is 0 Å². The number of carbonyl (C=O) groups excluding carboxylic acids is 1. The molecule has 0 atom stereocenters. The highest BCUT2D eigenvalue weighted by Crippen LogP contribution is 2.08. The Kier molecular flexibility index (Phi) is 3.79. The molecule has 0 radical (unpaired) electrons. The van der Waals surface area contributed by atoms with Crippen LogP contribution in [0.15, 0.2) is 25.0 Å². The van der Waals surface area contributed by atoms with Gasteiger partial charge in [-0.05, 0) is 6.42 Å². The molecule has 1 rings (SSSR count). The highest BCUT2D eigenvalue weighted by atomic mass is 16.5. The largest absolute Gasteiger partial charge is 0.481 e. The molecular weight excluding hydrogens is 180 g/mol. The van der Waals surface area contributed by atoms with E-state index in [-0.39, 0.29) is 5.78 Å². The maximum absolute atomic E-state index is 11.5. The third-order valence-corrected chi connectivity index (χ3v) is 1.71. The number of nitrogens with zero attached hydrogens (tertiary/aromatic N) is 2. The standard InChI is InChI=1S/C10H12N2O2/c1-3-4-5-9(13)8-6-10(14-2)12-7-11-8/h3,6-7H,1,4-5H2,2H3. The van der Waals surface area contributed by atoms with Crippen LogP contribution in [-0.2, 0) is 0 Å². The molecule has 0 saturated carbocycles. The van der Waals surface area contributed by atoms with Gasteiger partial charge < -0.3 is 4.74 Å². The van der Waals surface area contributed by atoms with Crippen LogP contribution in [0.4, 0.5) is 0 Å². The summed E-state index contributed by atoms with van der Waals surface area (Å²) < 4.78 is 4.89. The first-order valence-corrected chi connectivity index (χ1v) is 4.28. The van der Waals surface area contributed by atoms with E-state index in [0.29, 0.717) is 24.4 Å². The average Bonchev–Trinajstić information content (AvgIpc) is 2.26. The monoisotopic (exact) mass is 192 g/mol. The van der Waals surface area contributed by atoms with Gasteiger partial charge in [0, 0.05) is 12.5 Å². The van der Waals surface area contributed by atoms with E-state index in [9.17, 15) is 4.79 Å². The molecule has 0 aliphatic rings. The first-order chi connectivity index (χ1) is 6.77. The van der Waals surface area contributed by atoms with Gasteiger partial charge in [-0.2, -0.15) is 0 Å². The number of ether oxygens (including phenoxy) is 1. The molecule has 0 amide bonds. The summed E-state index contributed by atoms with van der Waals surface area (Å²) >= 11 is 0. The molecule has 1 heterocycles. The van der Waals surface area contributed by atoms with Crippen LogP contribution in [0.1, 0.15) is 23.3 Å². The number of hydrogen-bond acceptors (Lipinski definition) is 4. The van der Waals surface area contributed by atoms with Crippen molar-refractivity contribution in [3.05, 3.63) is 30.7 Å². The molecule has 0 bridgehead atoms. The highest BCUT2D eigenvalue weighted by molar-refractivity contribution is 5.94. The summed E-state index contributed by atoms with van der Waals surface area (Å²) in [5.74, 6) is 0.382. The van der Waals surface area contributed by atoms with Gasteiger partial charge in [0.1, 0.15) is 12.0 Å². The first kappa shape index (κ1) is 10.4. The SMILES string of the molecule is C=CCCC(=O)c1cc(OC)ncn1. The van der Waals surface area contributed by atoms with Crippen LogP contribution in [0.25, 0.3) is 0 Å². The van der Waals surface area contributed by atoms with Crippen LogP contribution < -0.4 is 4.74 Å². The molecule has 0 aromatic carbocycles. The molecule has 74 valence electrons. The van der Waals surface area contributed by atoms with Crippen LogP contribution in [0.2, 0.25) is 0 Å². The number of Topliss-reactive ketones (excluding diaryl/α,β-unsaturated/α-hetero) is 1. The van der Waals surface area contributed by atoms with Crippen LogP contribution in [-0.4, -0.2) is 22.9 Å². The number of carbonyl (C=O) groups is 1. The lowest BCUT2D eigenvalue weighted by Gasteiger charge is -2.00. The molecule has 4 nitrogen and oxygen atoms in total. The molecule has 1 aromatic heterocycles. The zero-order valence-electron chi connectivity index (χ0n) is 8.06. The smallest absolute Gasteiger partial charge is 0.216 e. The van der Waals surface area contributed by atoms with Crippen molar-refractivity contribution in [3.8, 4) is 5.88 Å². The number of methoxy groups -OCH3 is 1. The van der Waals surface area contributed by atoms with Gasteiger partial charge in [-0.15, -0.1) is 6.58 Å². The lowest BCUT2D eigenvalue weighted by Crippen LogP contribution is -2.02. The van der Waals surface area contributed by atoms with Crippen molar-refractivity contribution < 1.29 is 9.53 Å². The predicted molar refractivity (Wildman–Crippen MR) is 52.3 cm³/mol. The molecule has 0 aliphatic carbocycles. The normalized spacial score (nSPS) is 9.50. The second kappa shape index (κ2) is 5.11. The maximum atomic E-state index is 11.5. The van der Waals surface area contributed by atoms with Crippen molar-refractivity contribution >= 4 is 5.78 Å². The number of rotatable bonds is 5. The molecule has 0 N–H and O–H groups in total. The van der Waals surface area contributed by atoms with E-state index in [1.54, 1.807) is 6.08 Å². The lowest BCUT2D eigenvalue weighted by atomic mass is 10.1. The molecule has 14 heavy (non-hydrogen) atoms. The van der Waals surface area contributed by atoms with Gasteiger partial charge in [0.2, 0.25) is 5.88 Å². The van der Waals surface area contributed by atoms with Crippen molar-refractivity contribution in [1.29, 1.82) is 0 Å². The Labute approximate surface area is 82.6 Å². The summed E-state index contributed by atoms with van der Waals surface area (Å²) in [6, 6.07) is 1.53.